The summed E-state index contributed by atoms with van der Waals surface area (Å²) in [6.07, 6.45) is 1.34. The van der Waals surface area contributed by atoms with Crippen molar-refractivity contribution >= 4 is 56.0 Å². The molecule has 2 amide bonds. The summed E-state index contributed by atoms with van der Waals surface area (Å²) >= 11 is 3.47. The van der Waals surface area contributed by atoms with Gasteiger partial charge in [-0.2, -0.15) is 0 Å². The smallest absolute Gasteiger partial charge is 0.408 e. The van der Waals surface area contributed by atoms with Crippen molar-refractivity contribution in [1.82, 2.24) is 15.3 Å². The number of carbonyl (C=O) groups is 2. The third-order valence-electron chi connectivity index (χ3n) is 4.70. The molecule has 9 heteroatoms. The minimum atomic E-state index is -0.739. The standard InChI is InChI=1S/C25H30BrN5O3/c1-15(2)11-21(31-24(33)34-25(3,4)5)23(32)30-18-9-10-20-19(13-18)22(28-14-27-20)29-17-8-6-7-16(26)12-17/h6-10,12-15,21H,11H2,1-5H3,(H,30,32)(H,31,33)(H,27,28,29)/t21-/m1/s1. The van der Waals surface area contributed by atoms with Crippen molar-refractivity contribution in [3.05, 3.63) is 53.3 Å². The first-order valence-electron chi connectivity index (χ1n) is 11.1. The van der Waals surface area contributed by atoms with Crippen LogP contribution in [0.25, 0.3) is 10.9 Å². The molecule has 0 aliphatic heterocycles. The number of nitrogens with zero attached hydrogens (tertiary/aromatic N) is 2. The molecule has 3 N–H and O–H groups in total. The van der Waals surface area contributed by atoms with Crippen molar-refractivity contribution in [1.29, 1.82) is 0 Å². The maximum Gasteiger partial charge on any atom is 0.408 e. The molecule has 8 nitrogen and oxygen atoms in total. The van der Waals surface area contributed by atoms with E-state index in [1.54, 1.807) is 26.8 Å². The van der Waals surface area contributed by atoms with E-state index in [0.29, 0.717) is 17.9 Å². The Morgan fingerprint density at radius 2 is 1.82 bits per heavy atom. The molecule has 0 saturated carbocycles. The number of fused-ring (bicyclic) bond motifs is 1. The van der Waals surface area contributed by atoms with Crippen LogP contribution in [0.3, 0.4) is 0 Å². The van der Waals surface area contributed by atoms with Crippen LogP contribution in [0.1, 0.15) is 41.0 Å². The highest BCUT2D eigenvalue weighted by molar-refractivity contribution is 9.10. The first-order chi connectivity index (χ1) is 16.0. The Balaban J connectivity index is 1.81. The van der Waals surface area contributed by atoms with Gasteiger partial charge in [-0.25, -0.2) is 14.8 Å². The molecule has 0 radical (unpaired) electrons. The Bertz CT molecular complexity index is 1180. The Hall–Kier alpha value is -3.20. The lowest BCUT2D eigenvalue weighted by Gasteiger charge is -2.24. The number of amides is 2. The van der Waals surface area contributed by atoms with E-state index in [2.05, 4.69) is 41.8 Å². The number of nitrogens with one attached hydrogen (secondary N) is 3. The van der Waals surface area contributed by atoms with E-state index in [-0.39, 0.29) is 11.8 Å². The van der Waals surface area contributed by atoms with Crippen LogP contribution >= 0.6 is 15.9 Å². The summed E-state index contributed by atoms with van der Waals surface area (Å²) in [5, 5.41) is 9.65. The van der Waals surface area contributed by atoms with E-state index in [9.17, 15) is 9.59 Å². The molecule has 3 aromatic rings. The highest BCUT2D eigenvalue weighted by atomic mass is 79.9. The lowest BCUT2D eigenvalue weighted by atomic mass is 10.0. The van der Waals surface area contributed by atoms with Crippen molar-refractivity contribution < 1.29 is 14.3 Å². The fourth-order valence-electron chi connectivity index (χ4n) is 3.32. The zero-order valence-corrected chi connectivity index (χ0v) is 21.6. The SMILES string of the molecule is CC(C)C[C@@H](NC(=O)OC(C)(C)C)C(=O)Nc1ccc2ncnc(Nc3cccc(Br)c3)c2c1. The molecule has 0 aliphatic carbocycles. The van der Waals surface area contributed by atoms with Gasteiger partial charge in [0, 0.05) is 21.2 Å². The van der Waals surface area contributed by atoms with Crippen molar-refractivity contribution in [2.45, 2.75) is 52.7 Å². The van der Waals surface area contributed by atoms with E-state index < -0.39 is 17.7 Å². The molecular weight excluding hydrogens is 498 g/mol. The number of rotatable bonds is 7. The molecule has 1 atom stereocenters. The zero-order chi connectivity index (χ0) is 24.9. The third-order valence-corrected chi connectivity index (χ3v) is 5.20. The Kier molecular flexibility index (Phi) is 8.09. The van der Waals surface area contributed by atoms with Crippen molar-refractivity contribution in [3.8, 4) is 0 Å². The summed E-state index contributed by atoms with van der Waals surface area (Å²) < 4.78 is 6.27. The van der Waals surface area contributed by atoms with Gasteiger partial charge in [0.2, 0.25) is 5.91 Å². The van der Waals surface area contributed by atoms with Crippen LogP contribution in [0.5, 0.6) is 0 Å². The summed E-state index contributed by atoms with van der Waals surface area (Å²) in [7, 11) is 0. The molecule has 0 saturated heterocycles. The summed E-state index contributed by atoms with van der Waals surface area (Å²) in [5.41, 5.74) is 1.52. The Labute approximate surface area is 208 Å². The van der Waals surface area contributed by atoms with Gasteiger partial charge in [-0.1, -0.05) is 35.8 Å². The van der Waals surface area contributed by atoms with Crippen LogP contribution in [-0.2, 0) is 9.53 Å². The van der Waals surface area contributed by atoms with Crippen LogP contribution in [0.4, 0.5) is 22.0 Å². The highest BCUT2D eigenvalue weighted by Crippen LogP contribution is 2.27. The molecule has 0 aliphatic rings. The minimum Gasteiger partial charge on any atom is -0.444 e. The molecule has 3 rings (SSSR count). The van der Waals surface area contributed by atoms with Crippen LogP contribution in [0.2, 0.25) is 0 Å². The number of alkyl carbamates (subject to hydrolysis) is 1. The number of hydrogen-bond donors (Lipinski definition) is 3. The molecular formula is C25H30BrN5O3. The predicted octanol–water partition coefficient (Wildman–Crippen LogP) is 6.01. The molecule has 0 spiro atoms. The second-order valence-electron chi connectivity index (χ2n) is 9.41. The first kappa shape index (κ1) is 25.4. The van der Waals surface area contributed by atoms with Gasteiger partial charge in [0.05, 0.1) is 5.52 Å². The van der Waals surface area contributed by atoms with Crippen LogP contribution in [0.15, 0.2) is 53.3 Å². The molecule has 180 valence electrons. The van der Waals surface area contributed by atoms with E-state index in [1.807, 2.05) is 50.2 Å². The molecule has 1 heterocycles. The fraction of sp³-hybridized carbons (Fsp3) is 0.360. The first-order valence-corrected chi connectivity index (χ1v) is 11.9. The van der Waals surface area contributed by atoms with E-state index in [1.165, 1.54) is 6.33 Å². The average Bonchev–Trinajstić information content (AvgIpc) is 2.72. The highest BCUT2D eigenvalue weighted by Gasteiger charge is 2.25. The van der Waals surface area contributed by atoms with Crippen LogP contribution in [0, 0.1) is 5.92 Å². The predicted molar refractivity (Wildman–Crippen MR) is 138 cm³/mol. The van der Waals surface area contributed by atoms with Gasteiger partial charge >= 0.3 is 6.09 Å². The quantitative estimate of drug-likeness (QED) is 0.347. The Morgan fingerprint density at radius 1 is 1.06 bits per heavy atom. The lowest BCUT2D eigenvalue weighted by Crippen LogP contribution is -2.46. The van der Waals surface area contributed by atoms with Crippen LogP contribution < -0.4 is 16.0 Å². The third kappa shape index (κ3) is 7.41. The van der Waals surface area contributed by atoms with Crippen LogP contribution in [-0.4, -0.2) is 33.6 Å². The topological polar surface area (TPSA) is 105 Å². The lowest BCUT2D eigenvalue weighted by molar-refractivity contribution is -0.118. The molecule has 0 unspecified atom stereocenters. The normalized spacial score (nSPS) is 12.3. The van der Waals surface area contributed by atoms with Crippen molar-refractivity contribution in [2.24, 2.45) is 5.92 Å². The fourth-order valence-corrected chi connectivity index (χ4v) is 3.72. The van der Waals surface area contributed by atoms with E-state index in [4.69, 9.17) is 4.74 Å². The van der Waals surface area contributed by atoms with Gasteiger partial charge < -0.3 is 20.7 Å². The van der Waals surface area contributed by atoms with Crippen molar-refractivity contribution in [3.63, 3.8) is 0 Å². The number of hydrogen-bond acceptors (Lipinski definition) is 6. The number of halogens is 1. The van der Waals surface area contributed by atoms with Crippen molar-refractivity contribution in [2.75, 3.05) is 10.6 Å². The minimum absolute atomic E-state index is 0.191. The maximum atomic E-state index is 13.1. The molecule has 0 bridgehead atoms. The zero-order valence-electron chi connectivity index (χ0n) is 20.0. The van der Waals surface area contributed by atoms with Gasteiger partial charge in [-0.3, -0.25) is 4.79 Å². The van der Waals surface area contributed by atoms with E-state index >= 15 is 0 Å². The number of ether oxygens (including phenoxy) is 1. The summed E-state index contributed by atoms with van der Waals surface area (Å²) in [5.74, 6) is 0.485. The van der Waals surface area contributed by atoms with Gasteiger partial charge in [0.1, 0.15) is 23.8 Å². The maximum absolute atomic E-state index is 13.1. The largest absolute Gasteiger partial charge is 0.444 e. The second kappa shape index (κ2) is 10.8. The second-order valence-corrected chi connectivity index (χ2v) is 10.3. The molecule has 2 aromatic carbocycles. The molecule has 0 fully saturated rings. The Morgan fingerprint density at radius 3 is 2.50 bits per heavy atom. The van der Waals surface area contributed by atoms with Gasteiger partial charge in [-0.05, 0) is 69.5 Å². The van der Waals surface area contributed by atoms with Gasteiger partial charge in [0.25, 0.3) is 0 Å². The number of benzene rings is 2. The van der Waals surface area contributed by atoms with Gasteiger partial charge in [-0.15, -0.1) is 0 Å². The summed E-state index contributed by atoms with van der Waals surface area (Å²) in [4.78, 5) is 34.0. The number of aromatic nitrogens is 2. The number of carbonyl (C=O) groups excluding carboxylic acids is 2. The monoisotopic (exact) mass is 527 g/mol. The number of anilines is 3. The molecule has 1 aromatic heterocycles. The summed E-state index contributed by atoms with van der Waals surface area (Å²) in [6, 6.07) is 12.4. The average molecular weight is 528 g/mol. The summed E-state index contributed by atoms with van der Waals surface area (Å²) in [6.45, 7) is 9.32. The van der Waals surface area contributed by atoms with E-state index in [0.717, 1.165) is 21.1 Å². The molecule has 34 heavy (non-hydrogen) atoms. The van der Waals surface area contributed by atoms with Gasteiger partial charge in [0.15, 0.2) is 0 Å².